The minimum absolute atomic E-state index is 0.114. The van der Waals surface area contributed by atoms with E-state index in [4.69, 9.17) is 9.47 Å². The van der Waals surface area contributed by atoms with E-state index in [1.54, 1.807) is 0 Å². The molecule has 0 aromatic heterocycles. The third kappa shape index (κ3) is 1.03. The number of piperidine rings is 1. The molecule has 1 aromatic rings. The molecule has 7 rings (SSSR count). The summed E-state index contributed by atoms with van der Waals surface area (Å²) >= 11 is 0. The van der Waals surface area contributed by atoms with Crippen LogP contribution in [0.5, 0.6) is 5.75 Å². The predicted octanol–water partition coefficient (Wildman–Crippen LogP) is 2.42. The van der Waals surface area contributed by atoms with Crippen molar-refractivity contribution in [2.24, 2.45) is 11.3 Å². The standard InChI is InChI=1S/C19H23NO2/c1-21-15-10-20-14-9-12-3-2-4-13-16(12)19(15)17(22-13)11-5-7-18(14,19)8-6-11/h2-4,11,14-15,17,20H,5-10H2,1H3. The fourth-order valence-corrected chi connectivity index (χ4v) is 7.22. The molecule has 3 heteroatoms. The van der Waals surface area contributed by atoms with Crippen LogP contribution in [0, 0.1) is 11.3 Å². The third-order valence-corrected chi connectivity index (χ3v) is 7.84. The first-order valence-corrected chi connectivity index (χ1v) is 8.86. The summed E-state index contributed by atoms with van der Waals surface area (Å²) < 4.78 is 12.7. The number of hydrogen-bond acceptors (Lipinski definition) is 3. The molecule has 3 nitrogen and oxygen atoms in total. The minimum atomic E-state index is 0.114. The SMILES string of the molecule is COC1CNC2Cc3cccc4c3C13C(O4)C1CCC23CC1. The summed E-state index contributed by atoms with van der Waals surface area (Å²) in [6.45, 7) is 0.975. The van der Waals surface area contributed by atoms with E-state index >= 15 is 0 Å². The van der Waals surface area contributed by atoms with Crippen molar-refractivity contribution in [1.29, 1.82) is 0 Å². The van der Waals surface area contributed by atoms with Gasteiger partial charge in [-0.1, -0.05) is 12.1 Å². The monoisotopic (exact) mass is 297 g/mol. The van der Waals surface area contributed by atoms with Crippen LogP contribution in [-0.4, -0.2) is 31.9 Å². The van der Waals surface area contributed by atoms with Crippen LogP contribution in [0.1, 0.15) is 36.8 Å². The van der Waals surface area contributed by atoms with Crippen molar-refractivity contribution >= 4 is 0 Å². The molecule has 1 aromatic carbocycles. The van der Waals surface area contributed by atoms with Crippen LogP contribution in [0.25, 0.3) is 0 Å². The molecule has 116 valence electrons. The van der Waals surface area contributed by atoms with Gasteiger partial charge in [0.05, 0.1) is 11.5 Å². The summed E-state index contributed by atoms with van der Waals surface area (Å²) in [7, 11) is 1.90. The van der Waals surface area contributed by atoms with E-state index in [0.29, 0.717) is 17.6 Å². The Morgan fingerprint density at radius 2 is 2.14 bits per heavy atom. The van der Waals surface area contributed by atoms with E-state index in [2.05, 4.69) is 23.5 Å². The molecule has 4 aliphatic carbocycles. The quantitative estimate of drug-likeness (QED) is 0.863. The minimum Gasteiger partial charge on any atom is -0.489 e. The van der Waals surface area contributed by atoms with E-state index in [-0.39, 0.29) is 11.5 Å². The predicted molar refractivity (Wildman–Crippen MR) is 83.2 cm³/mol. The Morgan fingerprint density at radius 1 is 1.27 bits per heavy atom. The van der Waals surface area contributed by atoms with Crippen molar-refractivity contribution in [3.8, 4) is 5.75 Å². The summed E-state index contributed by atoms with van der Waals surface area (Å²) in [5, 5.41) is 3.87. The van der Waals surface area contributed by atoms with E-state index in [1.165, 1.54) is 49.0 Å². The molecule has 6 aliphatic rings. The lowest BCUT2D eigenvalue weighted by Gasteiger charge is -2.69. The molecule has 4 atom stereocenters. The maximum atomic E-state index is 6.63. The number of nitrogens with one attached hydrogen (secondary N) is 1. The van der Waals surface area contributed by atoms with Gasteiger partial charge in [-0.25, -0.2) is 0 Å². The summed E-state index contributed by atoms with van der Waals surface area (Å²) in [5.74, 6) is 1.89. The van der Waals surface area contributed by atoms with Gasteiger partial charge in [0.1, 0.15) is 11.9 Å². The van der Waals surface area contributed by atoms with Gasteiger partial charge in [-0.3, -0.25) is 0 Å². The molecule has 2 spiro atoms. The van der Waals surface area contributed by atoms with Crippen molar-refractivity contribution in [3.05, 3.63) is 29.3 Å². The third-order valence-electron chi connectivity index (χ3n) is 7.84. The van der Waals surface area contributed by atoms with Crippen LogP contribution in [0.15, 0.2) is 18.2 Å². The van der Waals surface area contributed by atoms with Crippen molar-refractivity contribution in [2.45, 2.75) is 55.8 Å². The second-order valence-corrected chi connectivity index (χ2v) is 8.08. The second kappa shape index (κ2) is 3.70. The molecule has 22 heavy (non-hydrogen) atoms. The number of ether oxygens (including phenoxy) is 2. The molecule has 0 amide bonds. The van der Waals surface area contributed by atoms with Crippen LogP contribution in [0.2, 0.25) is 0 Å². The fraction of sp³-hybridized carbons (Fsp3) is 0.684. The van der Waals surface area contributed by atoms with Gasteiger partial charge >= 0.3 is 0 Å². The molecule has 3 saturated carbocycles. The molecule has 2 heterocycles. The first kappa shape index (κ1) is 12.4. The number of fused-ring (bicyclic) bond motifs is 2. The van der Waals surface area contributed by atoms with Crippen molar-refractivity contribution < 1.29 is 9.47 Å². The lowest BCUT2D eigenvalue weighted by Crippen LogP contribution is -2.79. The summed E-state index contributed by atoms with van der Waals surface area (Å²) in [5.41, 5.74) is 3.51. The zero-order valence-electron chi connectivity index (χ0n) is 13.1. The van der Waals surface area contributed by atoms with Gasteiger partial charge < -0.3 is 14.8 Å². The number of benzene rings is 1. The smallest absolute Gasteiger partial charge is 0.124 e. The van der Waals surface area contributed by atoms with Gasteiger partial charge in [-0.15, -0.1) is 0 Å². The van der Waals surface area contributed by atoms with Gasteiger partial charge in [0.25, 0.3) is 0 Å². The lowest BCUT2D eigenvalue weighted by atomic mass is 9.37. The van der Waals surface area contributed by atoms with Gasteiger partial charge in [-0.05, 0) is 49.7 Å². The maximum absolute atomic E-state index is 6.63. The zero-order chi connectivity index (χ0) is 14.5. The summed E-state index contributed by atoms with van der Waals surface area (Å²) in [4.78, 5) is 0. The lowest BCUT2D eigenvalue weighted by molar-refractivity contribution is -0.197. The van der Waals surface area contributed by atoms with E-state index in [9.17, 15) is 0 Å². The summed E-state index contributed by atoms with van der Waals surface area (Å²) in [6.07, 6.45) is 7.14. The summed E-state index contributed by atoms with van der Waals surface area (Å²) in [6, 6.07) is 7.31. The first-order valence-electron chi connectivity index (χ1n) is 8.86. The van der Waals surface area contributed by atoms with E-state index < -0.39 is 0 Å². The van der Waals surface area contributed by atoms with Crippen LogP contribution in [0.4, 0.5) is 0 Å². The fourth-order valence-electron chi connectivity index (χ4n) is 7.22. The highest BCUT2D eigenvalue weighted by molar-refractivity contribution is 5.58. The van der Waals surface area contributed by atoms with Gasteiger partial charge in [0.2, 0.25) is 0 Å². The van der Waals surface area contributed by atoms with Crippen LogP contribution in [0.3, 0.4) is 0 Å². The topological polar surface area (TPSA) is 30.5 Å². The van der Waals surface area contributed by atoms with Gasteiger partial charge in [0.15, 0.2) is 0 Å². The van der Waals surface area contributed by atoms with E-state index in [0.717, 1.165) is 12.5 Å². The van der Waals surface area contributed by atoms with E-state index in [1.807, 2.05) is 7.11 Å². The Kier molecular flexibility index (Phi) is 2.08. The zero-order valence-corrected chi connectivity index (χ0v) is 13.1. The average molecular weight is 297 g/mol. The Morgan fingerprint density at radius 3 is 2.95 bits per heavy atom. The highest BCUT2D eigenvalue weighted by Gasteiger charge is 2.76. The van der Waals surface area contributed by atoms with Crippen molar-refractivity contribution in [2.75, 3.05) is 13.7 Å². The van der Waals surface area contributed by atoms with Crippen molar-refractivity contribution in [3.63, 3.8) is 0 Å². The number of methoxy groups -OCH3 is 1. The Labute approximate surface area is 131 Å². The molecule has 4 unspecified atom stereocenters. The number of hydrogen-bond donors (Lipinski definition) is 1. The second-order valence-electron chi connectivity index (χ2n) is 8.08. The highest BCUT2D eigenvalue weighted by atomic mass is 16.5. The average Bonchev–Trinajstić information content (AvgIpc) is 2.92. The van der Waals surface area contributed by atoms with Gasteiger partial charge in [-0.2, -0.15) is 0 Å². The van der Waals surface area contributed by atoms with Crippen molar-refractivity contribution in [1.82, 2.24) is 5.32 Å². The normalized spacial score (nSPS) is 49.7. The van der Waals surface area contributed by atoms with Gasteiger partial charge in [0, 0.05) is 30.7 Å². The first-order chi connectivity index (χ1) is 10.8. The molecule has 4 bridgehead atoms. The molecule has 1 saturated heterocycles. The molecular weight excluding hydrogens is 274 g/mol. The highest BCUT2D eigenvalue weighted by Crippen LogP contribution is 2.72. The largest absolute Gasteiger partial charge is 0.489 e. The molecule has 1 N–H and O–H groups in total. The van der Waals surface area contributed by atoms with Crippen LogP contribution < -0.4 is 10.1 Å². The Hall–Kier alpha value is -1.06. The number of rotatable bonds is 1. The Balaban J connectivity index is 1.74. The molecule has 2 aliphatic heterocycles. The van der Waals surface area contributed by atoms with Crippen LogP contribution >= 0.6 is 0 Å². The Bertz CT molecular complexity index is 663. The molecular formula is C19H23NO2. The molecule has 0 radical (unpaired) electrons. The molecule has 4 fully saturated rings. The van der Waals surface area contributed by atoms with Crippen LogP contribution in [-0.2, 0) is 16.6 Å². The maximum Gasteiger partial charge on any atom is 0.124 e.